The molecule has 0 saturated carbocycles. The summed E-state index contributed by atoms with van der Waals surface area (Å²) < 4.78 is 7.42. The van der Waals surface area contributed by atoms with Crippen molar-refractivity contribution in [1.82, 2.24) is 14.8 Å². The number of nitrogens with one attached hydrogen (secondary N) is 1. The van der Waals surface area contributed by atoms with Gasteiger partial charge in [0.2, 0.25) is 5.91 Å². The number of rotatable bonds is 6. The monoisotopic (exact) mass is 392 g/mol. The fourth-order valence-corrected chi connectivity index (χ4v) is 3.03. The van der Waals surface area contributed by atoms with Gasteiger partial charge in [-0.05, 0) is 30.3 Å². The number of carbonyl (C=O) groups is 1. The molecule has 4 rings (SSSR count). The van der Waals surface area contributed by atoms with Gasteiger partial charge in [0.05, 0.1) is 11.4 Å². The van der Waals surface area contributed by atoms with Crippen LogP contribution >= 0.6 is 11.6 Å². The van der Waals surface area contributed by atoms with Crippen LogP contribution in [0.2, 0.25) is 5.02 Å². The Bertz CT molecular complexity index is 1080. The Balaban J connectivity index is 1.42. The SMILES string of the molecule is O=C(CCc1ccc(-c2ccccc2)o1)Nc1cc(Cl)ccc1-n1cncn1. The summed E-state index contributed by atoms with van der Waals surface area (Å²) in [6.07, 6.45) is 3.78. The lowest BCUT2D eigenvalue weighted by atomic mass is 10.2. The summed E-state index contributed by atoms with van der Waals surface area (Å²) in [4.78, 5) is 16.4. The predicted octanol–water partition coefficient (Wildman–Crippen LogP) is 4.75. The van der Waals surface area contributed by atoms with E-state index in [-0.39, 0.29) is 12.3 Å². The van der Waals surface area contributed by atoms with Crippen molar-refractivity contribution in [2.45, 2.75) is 12.8 Å². The maximum absolute atomic E-state index is 12.5. The first-order chi connectivity index (χ1) is 13.7. The van der Waals surface area contributed by atoms with E-state index in [1.54, 1.807) is 29.2 Å². The molecule has 7 heteroatoms. The number of hydrogen-bond acceptors (Lipinski definition) is 4. The van der Waals surface area contributed by atoms with Gasteiger partial charge in [0.25, 0.3) is 0 Å². The van der Waals surface area contributed by atoms with Gasteiger partial charge in [-0.1, -0.05) is 41.9 Å². The van der Waals surface area contributed by atoms with Crippen molar-refractivity contribution in [3.05, 3.63) is 84.1 Å². The summed E-state index contributed by atoms with van der Waals surface area (Å²) in [5.41, 5.74) is 2.28. The molecule has 140 valence electrons. The van der Waals surface area contributed by atoms with E-state index in [0.717, 1.165) is 17.1 Å². The van der Waals surface area contributed by atoms with Crippen molar-refractivity contribution >= 4 is 23.2 Å². The highest BCUT2D eigenvalue weighted by Crippen LogP contribution is 2.25. The van der Waals surface area contributed by atoms with Crippen LogP contribution in [0.4, 0.5) is 5.69 Å². The Hall–Kier alpha value is -3.38. The molecule has 0 saturated heterocycles. The van der Waals surface area contributed by atoms with Crippen LogP contribution in [0.3, 0.4) is 0 Å². The topological polar surface area (TPSA) is 73.0 Å². The van der Waals surface area contributed by atoms with Gasteiger partial charge in [-0.2, -0.15) is 5.10 Å². The van der Waals surface area contributed by atoms with Crippen molar-refractivity contribution in [3.8, 4) is 17.0 Å². The smallest absolute Gasteiger partial charge is 0.224 e. The molecule has 0 fully saturated rings. The number of benzene rings is 2. The molecule has 2 aromatic carbocycles. The van der Waals surface area contributed by atoms with Crippen LogP contribution in [0.1, 0.15) is 12.2 Å². The molecule has 2 heterocycles. The summed E-state index contributed by atoms with van der Waals surface area (Å²) in [6, 6.07) is 18.9. The van der Waals surface area contributed by atoms with E-state index in [0.29, 0.717) is 22.8 Å². The van der Waals surface area contributed by atoms with Crippen molar-refractivity contribution in [3.63, 3.8) is 0 Å². The molecule has 0 aliphatic rings. The van der Waals surface area contributed by atoms with Crippen molar-refractivity contribution in [2.24, 2.45) is 0 Å². The lowest BCUT2D eigenvalue weighted by molar-refractivity contribution is -0.116. The molecular formula is C21H17ClN4O2. The number of aryl methyl sites for hydroxylation is 1. The molecule has 1 N–H and O–H groups in total. The molecule has 0 radical (unpaired) electrons. The molecule has 0 aliphatic heterocycles. The van der Waals surface area contributed by atoms with Crippen molar-refractivity contribution < 1.29 is 9.21 Å². The normalized spacial score (nSPS) is 10.8. The van der Waals surface area contributed by atoms with Crippen LogP contribution in [-0.4, -0.2) is 20.7 Å². The number of amides is 1. The van der Waals surface area contributed by atoms with Crippen LogP contribution in [0.5, 0.6) is 0 Å². The summed E-state index contributed by atoms with van der Waals surface area (Å²) >= 11 is 6.08. The van der Waals surface area contributed by atoms with Crippen LogP contribution in [0.15, 0.2) is 77.7 Å². The second kappa shape index (κ2) is 8.10. The first-order valence-electron chi connectivity index (χ1n) is 8.77. The minimum atomic E-state index is -0.138. The predicted molar refractivity (Wildman–Crippen MR) is 107 cm³/mol. The third-order valence-electron chi connectivity index (χ3n) is 4.22. The third kappa shape index (κ3) is 4.13. The summed E-state index contributed by atoms with van der Waals surface area (Å²) in [5, 5.41) is 7.53. The zero-order chi connectivity index (χ0) is 19.3. The first kappa shape index (κ1) is 18.0. The lowest BCUT2D eigenvalue weighted by Gasteiger charge is -2.11. The highest BCUT2D eigenvalue weighted by Gasteiger charge is 2.12. The van der Waals surface area contributed by atoms with E-state index < -0.39 is 0 Å². The quantitative estimate of drug-likeness (QED) is 0.513. The summed E-state index contributed by atoms with van der Waals surface area (Å²) in [5.74, 6) is 1.41. The standard InChI is InChI=1S/C21H17ClN4O2/c22-16-6-9-19(26-14-23-13-24-26)18(12-16)25-21(27)11-8-17-7-10-20(28-17)15-4-2-1-3-5-15/h1-7,9-10,12-14H,8,11H2,(H,25,27). The molecule has 0 bridgehead atoms. The van der Waals surface area contributed by atoms with Crippen molar-refractivity contribution in [1.29, 1.82) is 0 Å². The fourth-order valence-electron chi connectivity index (χ4n) is 2.86. The molecule has 0 aliphatic carbocycles. The van der Waals surface area contributed by atoms with E-state index in [9.17, 15) is 4.79 Å². The Morgan fingerprint density at radius 2 is 1.96 bits per heavy atom. The minimum absolute atomic E-state index is 0.138. The molecule has 0 atom stereocenters. The number of carbonyl (C=O) groups excluding carboxylic acids is 1. The Morgan fingerprint density at radius 1 is 1.11 bits per heavy atom. The second-order valence-electron chi connectivity index (χ2n) is 6.18. The number of furan rings is 1. The zero-order valence-electron chi connectivity index (χ0n) is 14.9. The van der Waals surface area contributed by atoms with E-state index in [1.807, 2.05) is 42.5 Å². The zero-order valence-corrected chi connectivity index (χ0v) is 15.6. The van der Waals surface area contributed by atoms with Gasteiger partial charge < -0.3 is 9.73 Å². The van der Waals surface area contributed by atoms with E-state index >= 15 is 0 Å². The molecule has 28 heavy (non-hydrogen) atoms. The Morgan fingerprint density at radius 3 is 2.75 bits per heavy atom. The highest BCUT2D eigenvalue weighted by atomic mass is 35.5. The van der Waals surface area contributed by atoms with Gasteiger partial charge >= 0.3 is 0 Å². The Labute approximate surface area is 166 Å². The van der Waals surface area contributed by atoms with Gasteiger partial charge in [-0.25, -0.2) is 9.67 Å². The fraction of sp³-hybridized carbons (Fsp3) is 0.0952. The van der Waals surface area contributed by atoms with Gasteiger partial charge in [-0.3, -0.25) is 4.79 Å². The van der Waals surface area contributed by atoms with Crippen LogP contribution < -0.4 is 5.32 Å². The molecule has 1 amide bonds. The van der Waals surface area contributed by atoms with Gasteiger partial charge in [0, 0.05) is 23.4 Å². The van der Waals surface area contributed by atoms with E-state index in [4.69, 9.17) is 16.0 Å². The van der Waals surface area contributed by atoms with Gasteiger partial charge in [-0.15, -0.1) is 0 Å². The van der Waals surface area contributed by atoms with E-state index in [2.05, 4.69) is 15.4 Å². The largest absolute Gasteiger partial charge is 0.461 e. The molecule has 0 spiro atoms. The van der Waals surface area contributed by atoms with Crippen LogP contribution in [0, 0.1) is 0 Å². The number of anilines is 1. The van der Waals surface area contributed by atoms with Crippen molar-refractivity contribution in [2.75, 3.05) is 5.32 Å². The first-order valence-corrected chi connectivity index (χ1v) is 9.15. The lowest BCUT2D eigenvalue weighted by Crippen LogP contribution is -2.14. The van der Waals surface area contributed by atoms with Gasteiger partial charge in [0.15, 0.2) is 0 Å². The number of aromatic nitrogens is 3. The third-order valence-corrected chi connectivity index (χ3v) is 4.45. The van der Waals surface area contributed by atoms with Crippen LogP contribution in [-0.2, 0) is 11.2 Å². The maximum Gasteiger partial charge on any atom is 0.224 e. The molecular weight excluding hydrogens is 376 g/mol. The average Bonchev–Trinajstić information content (AvgIpc) is 3.39. The Kier molecular flexibility index (Phi) is 5.21. The molecule has 4 aromatic rings. The summed E-state index contributed by atoms with van der Waals surface area (Å²) in [6.45, 7) is 0. The van der Waals surface area contributed by atoms with Crippen LogP contribution in [0.25, 0.3) is 17.0 Å². The van der Waals surface area contributed by atoms with Gasteiger partial charge in [0.1, 0.15) is 24.2 Å². The number of nitrogens with zero attached hydrogens (tertiary/aromatic N) is 3. The number of hydrogen-bond donors (Lipinski definition) is 1. The summed E-state index contributed by atoms with van der Waals surface area (Å²) in [7, 11) is 0. The highest BCUT2D eigenvalue weighted by molar-refractivity contribution is 6.31. The molecule has 6 nitrogen and oxygen atoms in total. The molecule has 2 aromatic heterocycles. The minimum Gasteiger partial charge on any atom is -0.461 e. The van der Waals surface area contributed by atoms with E-state index in [1.165, 1.54) is 6.33 Å². The second-order valence-corrected chi connectivity index (χ2v) is 6.62. The number of halogens is 1. The molecule has 0 unspecified atom stereocenters. The maximum atomic E-state index is 12.5. The average molecular weight is 393 g/mol.